The summed E-state index contributed by atoms with van der Waals surface area (Å²) in [7, 11) is -3.10. The molecule has 2 aliphatic heterocycles. The van der Waals surface area contributed by atoms with Crippen molar-refractivity contribution in [2.45, 2.75) is 24.8 Å². The second-order valence-corrected chi connectivity index (χ2v) is 10.8. The van der Waals surface area contributed by atoms with Gasteiger partial charge in [-0.05, 0) is 42.0 Å². The summed E-state index contributed by atoms with van der Waals surface area (Å²) in [6, 6.07) is 4.46. The molecule has 4 N–H and O–H groups in total. The quantitative estimate of drug-likeness (QED) is 0.431. The summed E-state index contributed by atoms with van der Waals surface area (Å²) >= 11 is 1.24. The molecule has 1 saturated heterocycles. The van der Waals surface area contributed by atoms with Crippen molar-refractivity contribution in [1.29, 1.82) is 0 Å². The SMILES string of the molecule is NC(=[NH2+])SCc1cn(C[C@H]2CN(c3ccc(C4=CCS(=O)(=O)CC4)c(F)c3)C(=O)O2)nn1. The molecule has 0 bridgehead atoms. The molecule has 170 valence electrons. The van der Waals surface area contributed by atoms with E-state index in [0.717, 1.165) is 0 Å². The van der Waals surface area contributed by atoms with E-state index in [4.69, 9.17) is 15.9 Å². The number of thioether (sulfide) groups is 1. The largest absolute Gasteiger partial charge is 0.442 e. The number of nitrogens with two attached hydrogens (primary N) is 2. The Bertz CT molecular complexity index is 1200. The normalized spacial score (nSPS) is 20.2. The Morgan fingerprint density at radius 3 is 2.91 bits per heavy atom. The summed E-state index contributed by atoms with van der Waals surface area (Å²) in [6.45, 7) is 0.523. The third kappa shape index (κ3) is 5.10. The Morgan fingerprint density at radius 2 is 2.22 bits per heavy atom. The fraction of sp³-hybridized carbons (Fsp3) is 0.368. The number of hydrogen-bond acceptors (Lipinski definition) is 7. The van der Waals surface area contributed by atoms with Crippen LogP contribution in [0.15, 0.2) is 30.5 Å². The molecule has 13 heteroatoms. The lowest BCUT2D eigenvalue weighted by Gasteiger charge is -2.17. The van der Waals surface area contributed by atoms with E-state index in [0.29, 0.717) is 34.8 Å². The Morgan fingerprint density at radius 1 is 1.41 bits per heavy atom. The molecule has 0 spiro atoms. The number of carbonyl (C=O) groups excluding carboxylic acids is 1. The van der Waals surface area contributed by atoms with Gasteiger partial charge < -0.3 is 4.74 Å². The highest BCUT2D eigenvalue weighted by molar-refractivity contribution is 8.12. The third-order valence-corrected chi connectivity index (χ3v) is 7.39. The number of nitrogens with zero attached hydrogens (tertiary/aromatic N) is 4. The molecule has 0 aliphatic carbocycles. The van der Waals surface area contributed by atoms with Gasteiger partial charge in [-0.15, -0.1) is 5.10 Å². The van der Waals surface area contributed by atoms with Crippen LogP contribution in [0, 0.1) is 5.82 Å². The maximum absolute atomic E-state index is 14.8. The summed E-state index contributed by atoms with van der Waals surface area (Å²) in [6.07, 6.45) is 2.47. The highest BCUT2D eigenvalue weighted by Gasteiger charge is 2.33. The summed E-state index contributed by atoms with van der Waals surface area (Å²) in [5.74, 6) is -0.128. The number of allylic oxidation sites excluding steroid dienone is 1. The number of aromatic nitrogens is 3. The number of amides is 1. The minimum Gasteiger partial charge on any atom is -0.442 e. The molecule has 1 aromatic carbocycles. The second kappa shape index (κ2) is 8.90. The van der Waals surface area contributed by atoms with Gasteiger partial charge in [0.2, 0.25) is 0 Å². The zero-order chi connectivity index (χ0) is 22.9. The molecule has 3 heterocycles. The number of carbonyl (C=O) groups is 1. The van der Waals surface area contributed by atoms with Gasteiger partial charge >= 0.3 is 6.09 Å². The van der Waals surface area contributed by atoms with Gasteiger partial charge in [0.05, 0.1) is 41.7 Å². The molecule has 32 heavy (non-hydrogen) atoms. The van der Waals surface area contributed by atoms with E-state index in [9.17, 15) is 17.6 Å². The van der Waals surface area contributed by atoms with Gasteiger partial charge in [-0.1, -0.05) is 11.3 Å². The zero-order valence-corrected chi connectivity index (χ0v) is 18.6. The van der Waals surface area contributed by atoms with Crippen LogP contribution in [0.1, 0.15) is 17.7 Å². The molecule has 0 unspecified atom stereocenters. The Balaban J connectivity index is 1.41. The lowest BCUT2D eigenvalue weighted by atomic mass is 10.0. The fourth-order valence-electron chi connectivity index (χ4n) is 3.54. The van der Waals surface area contributed by atoms with Gasteiger partial charge in [0, 0.05) is 11.8 Å². The van der Waals surface area contributed by atoms with Crippen LogP contribution in [0.4, 0.5) is 14.9 Å². The summed E-state index contributed by atoms with van der Waals surface area (Å²) in [5.41, 5.74) is 7.47. The highest BCUT2D eigenvalue weighted by atomic mass is 32.2. The number of benzene rings is 1. The first-order valence-electron chi connectivity index (χ1n) is 9.77. The summed E-state index contributed by atoms with van der Waals surface area (Å²) in [4.78, 5) is 13.7. The van der Waals surface area contributed by atoms with Crippen LogP contribution in [0.2, 0.25) is 0 Å². The first-order chi connectivity index (χ1) is 15.2. The van der Waals surface area contributed by atoms with E-state index in [1.807, 2.05) is 0 Å². The van der Waals surface area contributed by atoms with E-state index in [-0.39, 0.29) is 29.6 Å². The van der Waals surface area contributed by atoms with Crippen molar-refractivity contribution in [3.8, 4) is 0 Å². The average molecular weight is 482 g/mol. The number of ether oxygens (including phenoxy) is 1. The lowest BCUT2D eigenvalue weighted by Crippen LogP contribution is -2.43. The molecule has 1 amide bonds. The zero-order valence-electron chi connectivity index (χ0n) is 17.0. The van der Waals surface area contributed by atoms with Crippen molar-refractivity contribution in [2.75, 3.05) is 23.0 Å². The minimum atomic E-state index is -3.10. The van der Waals surface area contributed by atoms with Gasteiger partial charge in [0.25, 0.3) is 5.17 Å². The fourth-order valence-corrected chi connectivity index (χ4v) is 5.14. The van der Waals surface area contributed by atoms with Crippen molar-refractivity contribution in [2.24, 2.45) is 5.73 Å². The highest BCUT2D eigenvalue weighted by Crippen LogP contribution is 2.30. The number of anilines is 1. The smallest absolute Gasteiger partial charge is 0.414 e. The monoisotopic (exact) mass is 481 g/mol. The predicted molar refractivity (Wildman–Crippen MR) is 118 cm³/mol. The van der Waals surface area contributed by atoms with E-state index in [1.165, 1.54) is 22.7 Å². The first-order valence-corrected chi connectivity index (χ1v) is 12.6. The molecule has 1 atom stereocenters. The molecule has 0 saturated carbocycles. The number of amidine groups is 1. The predicted octanol–water partition coefficient (Wildman–Crippen LogP) is -0.0485. The molecule has 2 aliphatic rings. The van der Waals surface area contributed by atoms with Crippen molar-refractivity contribution in [3.63, 3.8) is 0 Å². The third-order valence-electron chi connectivity index (χ3n) is 5.11. The van der Waals surface area contributed by atoms with Crippen LogP contribution in [-0.2, 0) is 26.9 Å². The maximum atomic E-state index is 14.8. The molecule has 2 aromatic rings. The van der Waals surface area contributed by atoms with Crippen molar-refractivity contribution >= 4 is 44.1 Å². The van der Waals surface area contributed by atoms with Crippen LogP contribution >= 0.6 is 11.8 Å². The van der Waals surface area contributed by atoms with Crippen LogP contribution in [0.25, 0.3) is 5.57 Å². The van der Waals surface area contributed by atoms with Gasteiger partial charge in [-0.3, -0.25) is 16.0 Å². The standard InChI is InChI=1S/C19H21FN6O4S2/c20-17-7-14(1-2-16(17)12-3-5-32(28,29)6-4-12)26-10-15(30-19(26)27)9-25-8-13(23-24-25)11-31-18(21)22/h1-3,7-8,15H,4-6,9-11H2,(H3,21,22)/p+1/t15-/m0/s1. The number of rotatable bonds is 6. The van der Waals surface area contributed by atoms with Crippen LogP contribution in [0.5, 0.6) is 0 Å². The Labute approximate surface area is 188 Å². The van der Waals surface area contributed by atoms with E-state index in [1.54, 1.807) is 29.1 Å². The topological polar surface area (TPSA) is 146 Å². The van der Waals surface area contributed by atoms with Crippen LogP contribution < -0.4 is 16.0 Å². The maximum Gasteiger partial charge on any atom is 0.414 e. The minimum absolute atomic E-state index is 0.000700. The lowest BCUT2D eigenvalue weighted by molar-refractivity contribution is -0.110. The van der Waals surface area contributed by atoms with Crippen LogP contribution in [0.3, 0.4) is 0 Å². The van der Waals surface area contributed by atoms with E-state index in [2.05, 4.69) is 10.3 Å². The number of sulfone groups is 1. The van der Waals surface area contributed by atoms with Gasteiger partial charge in [0.15, 0.2) is 9.84 Å². The molecule has 10 nitrogen and oxygen atoms in total. The van der Waals surface area contributed by atoms with Crippen LogP contribution in [-0.4, -0.2) is 58.8 Å². The van der Waals surface area contributed by atoms with Crippen molar-refractivity contribution < 1.29 is 27.7 Å². The molecule has 0 radical (unpaired) electrons. The first kappa shape index (κ1) is 22.3. The van der Waals surface area contributed by atoms with Crippen molar-refractivity contribution in [3.05, 3.63) is 47.5 Å². The van der Waals surface area contributed by atoms with Gasteiger partial charge in [-0.2, -0.15) is 0 Å². The molecule has 1 fully saturated rings. The summed E-state index contributed by atoms with van der Waals surface area (Å²) < 4.78 is 44.9. The van der Waals surface area contributed by atoms with E-state index >= 15 is 0 Å². The number of cyclic esters (lactones) is 1. The van der Waals surface area contributed by atoms with E-state index < -0.39 is 27.9 Å². The number of hydrogen-bond donors (Lipinski definition) is 2. The molecule has 1 aromatic heterocycles. The molecular formula is C19H22FN6O4S2+. The number of halogens is 1. The Hall–Kier alpha value is -2.93. The molecular weight excluding hydrogens is 459 g/mol. The Kier molecular flexibility index (Phi) is 6.20. The summed E-state index contributed by atoms with van der Waals surface area (Å²) in [5, 5.41) is 13.7. The molecule has 4 rings (SSSR count). The van der Waals surface area contributed by atoms with Gasteiger partial charge in [-0.25, -0.2) is 22.3 Å². The van der Waals surface area contributed by atoms with Crippen molar-refractivity contribution in [1.82, 2.24) is 15.0 Å². The average Bonchev–Trinajstić information content (AvgIpc) is 3.33. The van der Waals surface area contributed by atoms with Gasteiger partial charge in [0.1, 0.15) is 11.9 Å². The second-order valence-electron chi connectivity index (χ2n) is 7.50.